The highest BCUT2D eigenvalue weighted by Gasteiger charge is 2.45. The van der Waals surface area contributed by atoms with Gasteiger partial charge in [0.15, 0.2) is 19.7 Å². The summed E-state index contributed by atoms with van der Waals surface area (Å²) in [7, 11) is -7.42. The van der Waals surface area contributed by atoms with Crippen molar-refractivity contribution in [1.82, 2.24) is 0 Å². The molecule has 0 heterocycles. The molecule has 0 radical (unpaired) electrons. The Morgan fingerprint density at radius 2 is 1.12 bits per heavy atom. The van der Waals surface area contributed by atoms with Gasteiger partial charge in [-0.15, -0.1) is 0 Å². The van der Waals surface area contributed by atoms with Crippen LogP contribution in [-0.4, -0.2) is 27.3 Å². The number of hydrogen-bond donors (Lipinski definition) is 0. The Kier molecular flexibility index (Phi) is 5.02. The van der Waals surface area contributed by atoms with E-state index in [1.165, 1.54) is 0 Å². The molecule has 1 aliphatic rings. The SMILES string of the molecule is CC1CCC(S(=O)(=O)c2ccccc2)C(S(=O)(=O)c2ccccc2)C1. The van der Waals surface area contributed by atoms with Gasteiger partial charge in [-0.3, -0.25) is 0 Å². The Bertz CT molecular complexity index is 920. The molecule has 3 rings (SSSR count). The highest BCUT2D eigenvalue weighted by atomic mass is 32.2. The van der Waals surface area contributed by atoms with E-state index >= 15 is 0 Å². The van der Waals surface area contributed by atoms with Crippen molar-refractivity contribution in [3.05, 3.63) is 60.7 Å². The molecule has 134 valence electrons. The second-order valence-electron chi connectivity index (χ2n) is 6.71. The lowest BCUT2D eigenvalue weighted by Crippen LogP contribution is -2.44. The summed E-state index contributed by atoms with van der Waals surface area (Å²) in [6, 6.07) is 16.3. The highest BCUT2D eigenvalue weighted by Crippen LogP contribution is 2.37. The first-order valence-electron chi connectivity index (χ1n) is 8.41. The third kappa shape index (κ3) is 3.51. The largest absolute Gasteiger partial charge is 0.223 e. The molecule has 0 bridgehead atoms. The summed E-state index contributed by atoms with van der Waals surface area (Å²) in [5.74, 6) is 0.186. The molecule has 3 unspecified atom stereocenters. The van der Waals surface area contributed by atoms with Crippen molar-refractivity contribution < 1.29 is 16.8 Å². The molecule has 0 aromatic heterocycles. The van der Waals surface area contributed by atoms with E-state index in [0.29, 0.717) is 12.8 Å². The highest BCUT2D eigenvalue weighted by molar-refractivity contribution is 7.96. The minimum atomic E-state index is -3.71. The molecular formula is C19H22O4S2. The third-order valence-electron chi connectivity index (χ3n) is 4.93. The van der Waals surface area contributed by atoms with Gasteiger partial charge in [-0.1, -0.05) is 43.3 Å². The topological polar surface area (TPSA) is 68.3 Å². The van der Waals surface area contributed by atoms with Crippen LogP contribution in [0.4, 0.5) is 0 Å². The van der Waals surface area contributed by atoms with Gasteiger partial charge in [0.1, 0.15) is 0 Å². The standard InChI is InChI=1S/C19H22O4S2/c1-15-12-13-18(24(20,21)16-8-4-2-5-9-16)19(14-15)25(22,23)17-10-6-3-7-11-17/h2-11,15,18-19H,12-14H2,1H3. The van der Waals surface area contributed by atoms with Crippen LogP contribution in [0.3, 0.4) is 0 Å². The minimum absolute atomic E-state index is 0.186. The molecule has 3 atom stereocenters. The maximum absolute atomic E-state index is 13.2. The van der Waals surface area contributed by atoms with Gasteiger partial charge in [0.25, 0.3) is 0 Å². The Labute approximate surface area is 149 Å². The van der Waals surface area contributed by atoms with Gasteiger partial charge < -0.3 is 0 Å². The van der Waals surface area contributed by atoms with Crippen LogP contribution in [0.2, 0.25) is 0 Å². The summed E-state index contributed by atoms with van der Waals surface area (Å²) in [5, 5.41) is -1.82. The smallest absolute Gasteiger partial charge is 0.182 e. The summed E-state index contributed by atoms with van der Waals surface area (Å²) in [6.45, 7) is 1.98. The molecule has 0 saturated heterocycles. The van der Waals surface area contributed by atoms with Crippen LogP contribution in [0.15, 0.2) is 70.5 Å². The van der Waals surface area contributed by atoms with Crippen molar-refractivity contribution in [2.24, 2.45) is 5.92 Å². The van der Waals surface area contributed by atoms with E-state index < -0.39 is 30.2 Å². The molecule has 2 aromatic carbocycles. The summed E-state index contributed by atoms with van der Waals surface area (Å²) in [4.78, 5) is 0.394. The van der Waals surface area contributed by atoms with Crippen LogP contribution < -0.4 is 0 Å². The Hall–Kier alpha value is -1.66. The molecular weight excluding hydrogens is 356 g/mol. The lowest BCUT2D eigenvalue weighted by atomic mass is 9.90. The van der Waals surface area contributed by atoms with E-state index in [2.05, 4.69) is 0 Å². The van der Waals surface area contributed by atoms with Crippen molar-refractivity contribution >= 4 is 19.7 Å². The number of benzene rings is 2. The Morgan fingerprint density at radius 1 is 0.680 bits per heavy atom. The second-order valence-corrected chi connectivity index (χ2v) is 11.0. The lowest BCUT2D eigenvalue weighted by Gasteiger charge is -2.34. The first kappa shape index (κ1) is 18.1. The molecule has 1 fully saturated rings. The first-order valence-corrected chi connectivity index (χ1v) is 11.5. The number of sulfone groups is 2. The molecule has 6 heteroatoms. The zero-order valence-corrected chi connectivity index (χ0v) is 15.7. The van der Waals surface area contributed by atoms with Crippen LogP contribution in [0.1, 0.15) is 26.2 Å². The van der Waals surface area contributed by atoms with Gasteiger partial charge in [-0.05, 0) is 49.4 Å². The average molecular weight is 379 g/mol. The van der Waals surface area contributed by atoms with Crippen molar-refractivity contribution in [1.29, 1.82) is 0 Å². The van der Waals surface area contributed by atoms with Gasteiger partial charge in [0.05, 0.1) is 20.3 Å². The zero-order chi connectivity index (χ0) is 18.1. The maximum Gasteiger partial charge on any atom is 0.182 e. The average Bonchev–Trinajstić information content (AvgIpc) is 2.63. The van der Waals surface area contributed by atoms with E-state index in [0.717, 1.165) is 6.42 Å². The number of hydrogen-bond acceptors (Lipinski definition) is 4. The fourth-order valence-electron chi connectivity index (χ4n) is 3.55. The Balaban J connectivity index is 2.06. The van der Waals surface area contributed by atoms with Gasteiger partial charge in [-0.2, -0.15) is 0 Å². The molecule has 0 N–H and O–H groups in total. The second kappa shape index (κ2) is 6.92. The molecule has 1 saturated carbocycles. The van der Waals surface area contributed by atoms with E-state index in [9.17, 15) is 16.8 Å². The van der Waals surface area contributed by atoms with Crippen LogP contribution >= 0.6 is 0 Å². The maximum atomic E-state index is 13.2. The van der Waals surface area contributed by atoms with Crippen molar-refractivity contribution in [3.63, 3.8) is 0 Å². The molecule has 4 nitrogen and oxygen atoms in total. The van der Waals surface area contributed by atoms with Gasteiger partial charge in [-0.25, -0.2) is 16.8 Å². The van der Waals surface area contributed by atoms with E-state index in [1.807, 2.05) is 6.92 Å². The molecule has 25 heavy (non-hydrogen) atoms. The zero-order valence-electron chi connectivity index (χ0n) is 14.1. The van der Waals surface area contributed by atoms with Crippen molar-refractivity contribution in [2.45, 2.75) is 46.5 Å². The minimum Gasteiger partial charge on any atom is -0.223 e. The van der Waals surface area contributed by atoms with Crippen LogP contribution in [0.5, 0.6) is 0 Å². The molecule has 0 aliphatic heterocycles. The van der Waals surface area contributed by atoms with Crippen LogP contribution in [0, 0.1) is 5.92 Å². The summed E-state index contributed by atoms with van der Waals surface area (Å²) < 4.78 is 52.5. The quantitative estimate of drug-likeness (QED) is 0.817. The van der Waals surface area contributed by atoms with E-state index in [4.69, 9.17) is 0 Å². The third-order valence-corrected chi connectivity index (χ3v) is 9.64. The molecule has 2 aromatic rings. The first-order chi connectivity index (χ1) is 11.8. The molecule has 1 aliphatic carbocycles. The molecule has 0 amide bonds. The fourth-order valence-corrected chi connectivity index (χ4v) is 8.28. The monoisotopic (exact) mass is 378 g/mol. The normalized spacial score (nSPS) is 24.8. The van der Waals surface area contributed by atoms with E-state index in [-0.39, 0.29) is 15.7 Å². The summed E-state index contributed by atoms with van der Waals surface area (Å²) >= 11 is 0. The number of rotatable bonds is 4. The predicted octanol–water partition coefficient (Wildman–Crippen LogP) is 3.49. The summed E-state index contributed by atoms with van der Waals surface area (Å²) in [6.07, 6.45) is 1.46. The van der Waals surface area contributed by atoms with Crippen LogP contribution in [-0.2, 0) is 19.7 Å². The predicted molar refractivity (Wildman–Crippen MR) is 97.8 cm³/mol. The fraction of sp³-hybridized carbons (Fsp3) is 0.368. The Morgan fingerprint density at radius 3 is 1.60 bits per heavy atom. The lowest BCUT2D eigenvalue weighted by molar-refractivity contribution is 0.379. The summed E-state index contributed by atoms with van der Waals surface area (Å²) in [5.41, 5.74) is 0. The van der Waals surface area contributed by atoms with Crippen molar-refractivity contribution in [3.8, 4) is 0 Å². The molecule has 0 spiro atoms. The van der Waals surface area contributed by atoms with E-state index in [1.54, 1.807) is 60.7 Å². The van der Waals surface area contributed by atoms with Gasteiger partial charge in [0.2, 0.25) is 0 Å². The van der Waals surface area contributed by atoms with Gasteiger partial charge in [0, 0.05) is 0 Å². The van der Waals surface area contributed by atoms with Gasteiger partial charge >= 0.3 is 0 Å². The van der Waals surface area contributed by atoms with Crippen molar-refractivity contribution in [2.75, 3.05) is 0 Å². The van der Waals surface area contributed by atoms with Crippen LogP contribution in [0.25, 0.3) is 0 Å².